The molecule has 2 N–H and O–H groups in total. The van der Waals surface area contributed by atoms with E-state index in [1.54, 1.807) is 17.7 Å². The zero-order chi connectivity index (χ0) is 18.6. The van der Waals surface area contributed by atoms with Crippen molar-refractivity contribution in [3.63, 3.8) is 0 Å². The fourth-order valence-electron chi connectivity index (χ4n) is 3.26. The monoisotopic (exact) mass is 385 g/mol. The molecule has 0 atom stereocenters. The minimum absolute atomic E-state index is 0.267. The Balaban J connectivity index is 1.53. The van der Waals surface area contributed by atoms with E-state index in [1.807, 2.05) is 27.8 Å². The van der Waals surface area contributed by atoms with E-state index in [2.05, 4.69) is 31.0 Å². The Labute approximate surface area is 161 Å². The minimum atomic E-state index is 0.267. The number of aromatic nitrogens is 4. The van der Waals surface area contributed by atoms with Gasteiger partial charge in [0.2, 0.25) is 11.9 Å². The van der Waals surface area contributed by atoms with E-state index in [0.29, 0.717) is 12.4 Å². The number of hydrogen-bond acceptors (Lipinski definition) is 7. The molecule has 3 aromatic rings. The summed E-state index contributed by atoms with van der Waals surface area (Å²) < 4.78 is 1.97. The van der Waals surface area contributed by atoms with Gasteiger partial charge in [-0.05, 0) is 31.2 Å². The Bertz CT molecular complexity index is 921. The van der Waals surface area contributed by atoms with Crippen molar-refractivity contribution in [2.75, 3.05) is 36.8 Å². The molecule has 1 saturated heterocycles. The Hall–Kier alpha value is -2.68. The molecule has 3 aromatic heterocycles. The average Bonchev–Trinajstić information content (AvgIpc) is 3.39. The highest BCUT2D eigenvalue weighted by molar-refractivity contribution is 7.08. The highest BCUT2D eigenvalue weighted by Gasteiger charge is 2.19. The third kappa shape index (κ3) is 3.73. The van der Waals surface area contributed by atoms with Crippen LogP contribution < -0.4 is 10.6 Å². The van der Waals surface area contributed by atoms with Crippen LogP contribution in [0.1, 0.15) is 26.2 Å². The molecule has 0 aliphatic carbocycles. The van der Waals surface area contributed by atoms with Gasteiger partial charge in [-0.1, -0.05) is 0 Å². The molecule has 0 radical (unpaired) electrons. The highest BCUT2D eigenvalue weighted by Crippen LogP contribution is 2.24. The van der Waals surface area contributed by atoms with Crippen LogP contribution in [0.15, 0.2) is 23.2 Å². The molecule has 0 aromatic carbocycles. The lowest BCUT2D eigenvalue weighted by Gasteiger charge is -2.15. The number of imidazole rings is 1. The van der Waals surface area contributed by atoms with Crippen LogP contribution >= 0.6 is 11.3 Å². The summed E-state index contributed by atoms with van der Waals surface area (Å²) in [4.78, 5) is 27.4. The van der Waals surface area contributed by atoms with Crippen molar-refractivity contribution in [1.29, 1.82) is 0 Å². The predicted octanol–water partition coefficient (Wildman–Crippen LogP) is 2.73. The lowest BCUT2D eigenvalue weighted by molar-refractivity contribution is -0.127. The first-order valence-corrected chi connectivity index (χ1v) is 10.2. The standard InChI is InChI=1S/C18H23N7OS/c1-2-19-18-22-16(20-7-4-9-24-8-3-5-14(24)26)15-17(23-18)25(12-21-15)13-6-10-27-11-13/h6,10-12H,2-5,7-9H2,1H3,(H2,19,20,22,23). The summed E-state index contributed by atoms with van der Waals surface area (Å²) in [5.74, 6) is 1.57. The second-order valence-electron chi connectivity index (χ2n) is 6.46. The number of thiophene rings is 1. The molecule has 1 aliphatic rings. The number of hydrogen-bond donors (Lipinski definition) is 2. The first-order valence-electron chi connectivity index (χ1n) is 9.29. The molecule has 1 amide bonds. The molecule has 4 heterocycles. The number of carbonyl (C=O) groups excluding carboxylic acids is 1. The first kappa shape index (κ1) is 17.7. The Morgan fingerprint density at radius 1 is 1.30 bits per heavy atom. The van der Waals surface area contributed by atoms with E-state index >= 15 is 0 Å². The molecular weight excluding hydrogens is 362 g/mol. The van der Waals surface area contributed by atoms with Gasteiger partial charge in [-0.15, -0.1) is 0 Å². The first-order chi connectivity index (χ1) is 13.3. The van der Waals surface area contributed by atoms with Crippen LogP contribution in [0, 0.1) is 0 Å². The summed E-state index contributed by atoms with van der Waals surface area (Å²) in [6, 6.07) is 2.04. The fourth-order valence-corrected chi connectivity index (χ4v) is 3.89. The SMILES string of the molecule is CCNc1nc(NCCCN2CCCC2=O)c2ncn(-c3ccsc3)c2n1. The third-order valence-electron chi connectivity index (χ3n) is 4.58. The van der Waals surface area contributed by atoms with Gasteiger partial charge in [0.15, 0.2) is 17.0 Å². The van der Waals surface area contributed by atoms with Crippen molar-refractivity contribution >= 4 is 40.2 Å². The number of nitrogens with zero attached hydrogens (tertiary/aromatic N) is 5. The maximum atomic E-state index is 11.7. The van der Waals surface area contributed by atoms with E-state index in [9.17, 15) is 4.79 Å². The lowest BCUT2D eigenvalue weighted by atomic mass is 10.3. The number of fused-ring (bicyclic) bond motifs is 1. The van der Waals surface area contributed by atoms with Gasteiger partial charge in [0.1, 0.15) is 6.33 Å². The molecule has 1 fully saturated rings. The van der Waals surface area contributed by atoms with Crippen LogP contribution in [-0.4, -0.2) is 56.5 Å². The number of likely N-dealkylation sites (tertiary alicyclic amines) is 1. The van der Waals surface area contributed by atoms with Crippen molar-refractivity contribution in [2.24, 2.45) is 0 Å². The molecular formula is C18H23N7OS. The van der Waals surface area contributed by atoms with Gasteiger partial charge >= 0.3 is 0 Å². The maximum Gasteiger partial charge on any atom is 0.226 e. The second-order valence-corrected chi connectivity index (χ2v) is 7.24. The highest BCUT2D eigenvalue weighted by atomic mass is 32.1. The summed E-state index contributed by atoms with van der Waals surface area (Å²) in [5, 5.41) is 10.7. The van der Waals surface area contributed by atoms with Gasteiger partial charge in [-0.3, -0.25) is 9.36 Å². The fraction of sp³-hybridized carbons (Fsp3) is 0.444. The zero-order valence-electron chi connectivity index (χ0n) is 15.3. The normalized spacial score (nSPS) is 14.3. The van der Waals surface area contributed by atoms with E-state index in [4.69, 9.17) is 0 Å². The molecule has 8 nitrogen and oxygen atoms in total. The Morgan fingerprint density at radius 2 is 2.22 bits per heavy atom. The van der Waals surface area contributed by atoms with Gasteiger partial charge in [-0.25, -0.2) is 4.98 Å². The van der Waals surface area contributed by atoms with E-state index in [1.165, 1.54) is 0 Å². The van der Waals surface area contributed by atoms with Gasteiger partial charge in [-0.2, -0.15) is 21.3 Å². The molecule has 0 bridgehead atoms. The van der Waals surface area contributed by atoms with Gasteiger partial charge in [0.25, 0.3) is 0 Å². The summed E-state index contributed by atoms with van der Waals surface area (Å²) in [6.07, 6.45) is 4.32. The number of amides is 1. The van der Waals surface area contributed by atoms with Crippen molar-refractivity contribution in [1.82, 2.24) is 24.4 Å². The topological polar surface area (TPSA) is 88.0 Å². The second kappa shape index (κ2) is 7.91. The number of rotatable bonds is 8. The molecule has 142 valence electrons. The van der Waals surface area contributed by atoms with Crippen LogP contribution in [0.2, 0.25) is 0 Å². The molecule has 0 saturated carbocycles. The summed E-state index contributed by atoms with van der Waals surface area (Å²) in [5.41, 5.74) is 2.57. The average molecular weight is 385 g/mol. The number of carbonyl (C=O) groups is 1. The maximum absolute atomic E-state index is 11.7. The molecule has 27 heavy (non-hydrogen) atoms. The van der Waals surface area contributed by atoms with Crippen molar-refractivity contribution in [3.05, 3.63) is 23.2 Å². The summed E-state index contributed by atoms with van der Waals surface area (Å²) in [6.45, 7) is 5.15. The van der Waals surface area contributed by atoms with Crippen molar-refractivity contribution in [3.8, 4) is 5.69 Å². The molecule has 0 unspecified atom stereocenters. The molecule has 0 spiro atoms. The minimum Gasteiger partial charge on any atom is -0.368 e. The third-order valence-corrected chi connectivity index (χ3v) is 5.25. The number of anilines is 2. The van der Waals surface area contributed by atoms with Gasteiger partial charge in [0, 0.05) is 38.0 Å². The molecule has 4 rings (SSSR count). The lowest BCUT2D eigenvalue weighted by Crippen LogP contribution is -2.27. The predicted molar refractivity (Wildman–Crippen MR) is 108 cm³/mol. The van der Waals surface area contributed by atoms with E-state index in [0.717, 1.165) is 61.7 Å². The zero-order valence-corrected chi connectivity index (χ0v) is 16.1. The smallest absolute Gasteiger partial charge is 0.226 e. The molecule has 9 heteroatoms. The van der Waals surface area contributed by atoms with Crippen LogP contribution in [-0.2, 0) is 4.79 Å². The molecule has 1 aliphatic heterocycles. The largest absolute Gasteiger partial charge is 0.368 e. The summed E-state index contributed by atoms with van der Waals surface area (Å²) >= 11 is 1.64. The summed E-state index contributed by atoms with van der Waals surface area (Å²) in [7, 11) is 0. The Morgan fingerprint density at radius 3 is 2.96 bits per heavy atom. The van der Waals surface area contributed by atoms with Gasteiger partial charge < -0.3 is 15.5 Å². The van der Waals surface area contributed by atoms with Gasteiger partial charge in [0.05, 0.1) is 5.69 Å². The van der Waals surface area contributed by atoms with E-state index in [-0.39, 0.29) is 5.91 Å². The van der Waals surface area contributed by atoms with Crippen LogP contribution in [0.3, 0.4) is 0 Å². The van der Waals surface area contributed by atoms with E-state index < -0.39 is 0 Å². The number of nitrogens with one attached hydrogen (secondary N) is 2. The van der Waals surface area contributed by atoms with Crippen molar-refractivity contribution in [2.45, 2.75) is 26.2 Å². The quantitative estimate of drug-likeness (QED) is 0.580. The Kier molecular flexibility index (Phi) is 5.19. The van der Waals surface area contributed by atoms with Crippen molar-refractivity contribution < 1.29 is 4.79 Å². The van der Waals surface area contributed by atoms with Crippen LogP contribution in [0.25, 0.3) is 16.9 Å². The van der Waals surface area contributed by atoms with Crippen LogP contribution in [0.5, 0.6) is 0 Å². The van der Waals surface area contributed by atoms with Crippen LogP contribution in [0.4, 0.5) is 11.8 Å².